The highest BCUT2D eigenvalue weighted by atomic mass is 35.5. The molecule has 0 bridgehead atoms. The fourth-order valence-corrected chi connectivity index (χ4v) is 2.44. The standard InChI is InChI=1S/C16H16ClFN2O/c1-9-7-11(19)8-13(15(9)18)16(21)20-10(2)12-5-3-4-6-14(12)17/h3-8,10H,19H2,1-2H3,(H,20,21). The quantitative estimate of drug-likeness (QED) is 0.846. The van der Waals surface area contributed by atoms with Crippen LogP contribution in [-0.2, 0) is 0 Å². The molecule has 0 saturated carbocycles. The third kappa shape index (κ3) is 3.34. The smallest absolute Gasteiger partial charge is 0.254 e. The molecule has 5 heteroatoms. The third-order valence-corrected chi connectivity index (χ3v) is 3.59. The molecule has 0 saturated heterocycles. The Morgan fingerprint density at radius 2 is 2.00 bits per heavy atom. The Bertz CT molecular complexity index is 688. The second-order valence-electron chi connectivity index (χ2n) is 4.92. The molecule has 0 aliphatic heterocycles. The molecule has 2 rings (SSSR count). The largest absolute Gasteiger partial charge is 0.399 e. The number of hydrogen-bond donors (Lipinski definition) is 2. The molecule has 0 fully saturated rings. The second-order valence-corrected chi connectivity index (χ2v) is 5.32. The first kappa shape index (κ1) is 15.3. The van der Waals surface area contributed by atoms with Crippen LogP contribution in [0.2, 0.25) is 5.02 Å². The van der Waals surface area contributed by atoms with Crippen LogP contribution in [0.3, 0.4) is 0 Å². The summed E-state index contributed by atoms with van der Waals surface area (Å²) in [6.45, 7) is 3.36. The molecule has 0 aliphatic rings. The summed E-state index contributed by atoms with van der Waals surface area (Å²) in [6.07, 6.45) is 0. The molecular weight excluding hydrogens is 291 g/mol. The molecule has 1 atom stereocenters. The van der Waals surface area contributed by atoms with Gasteiger partial charge in [-0.1, -0.05) is 29.8 Å². The van der Waals surface area contributed by atoms with E-state index in [0.29, 0.717) is 16.3 Å². The average Bonchev–Trinajstić information content (AvgIpc) is 2.43. The number of rotatable bonds is 3. The highest BCUT2D eigenvalue weighted by Crippen LogP contribution is 2.23. The molecule has 2 aromatic rings. The van der Waals surface area contributed by atoms with E-state index >= 15 is 0 Å². The third-order valence-electron chi connectivity index (χ3n) is 3.24. The monoisotopic (exact) mass is 306 g/mol. The summed E-state index contributed by atoms with van der Waals surface area (Å²) >= 11 is 6.08. The molecule has 110 valence electrons. The summed E-state index contributed by atoms with van der Waals surface area (Å²) in [5.41, 5.74) is 7.06. The lowest BCUT2D eigenvalue weighted by molar-refractivity contribution is 0.0935. The van der Waals surface area contributed by atoms with Crippen LogP contribution in [0, 0.1) is 12.7 Å². The summed E-state index contributed by atoms with van der Waals surface area (Å²) in [4.78, 5) is 12.2. The van der Waals surface area contributed by atoms with Crippen molar-refractivity contribution in [2.24, 2.45) is 0 Å². The van der Waals surface area contributed by atoms with E-state index in [2.05, 4.69) is 5.32 Å². The van der Waals surface area contributed by atoms with Crippen molar-refractivity contribution in [2.45, 2.75) is 19.9 Å². The van der Waals surface area contributed by atoms with Gasteiger partial charge in [-0.3, -0.25) is 4.79 Å². The van der Waals surface area contributed by atoms with E-state index in [4.69, 9.17) is 17.3 Å². The zero-order valence-corrected chi connectivity index (χ0v) is 12.5. The first-order chi connectivity index (χ1) is 9.90. The topological polar surface area (TPSA) is 55.1 Å². The van der Waals surface area contributed by atoms with Gasteiger partial charge in [-0.25, -0.2) is 4.39 Å². The van der Waals surface area contributed by atoms with Gasteiger partial charge in [0.25, 0.3) is 5.91 Å². The Morgan fingerprint density at radius 1 is 1.33 bits per heavy atom. The van der Waals surface area contributed by atoms with E-state index in [1.54, 1.807) is 26.0 Å². The number of halogens is 2. The number of anilines is 1. The van der Waals surface area contributed by atoms with Crippen LogP contribution >= 0.6 is 11.6 Å². The van der Waals surface area contributed by atoms with Crippen molar-refractivity contribution in [3.05, 3.63) is 63.9 Å². The van der Waals surface area contributed by atoms with E-state index in [1.807, 2.05) is 12.1 Å². The lowest BCUT2D eigenvalue weighted by atomic mass is 10.1. The molecule has 2 aromatic carbocycles. The lowest BCUT2D eigenvalue weighted by Crippen LogP contribution is -2.28. The van der Waals surface area contributed by atoms with E-state index in [1.165, 1.54) is 12.1 Å². The molecule has 0 spiro atoms. The molecule has 3 N–H and O–H groups in total. The Hall–Kier alpha value is -2.07. The van der Waals surface area contributed by atoms with Gasteiger partial charge >= 0.3 is 0 Å². The van der Waals surface area contributed by atoms with E-state index in [-0.39, 0.29) is 11.6 Å². The van der Waals surface area contributed by atoms with Crippen LogP contribution in [0.1, 0.15) is 34.5 Å². The molecular formula is C16H16ClFN2O. The molecule has 0 aliphatic carbocycles. The van der Waals surface area contributed by atoms with Crippen molar-refractivity contribution in [1.29, 1.82) is 0 Å². The van der Waals surface area contributed by atoms with Gasteiger partial charge in [0.05, 0.1) is 11.6 Å². The maximum Gasteiger partial charge on any atom is 0.254 e. The van der Waals surface area contributed by atoms with E-state index in [0.717, 1.165) is 5.56 Å². The van der Waals surface area contributed by atoms with Gasteiger partial charge in [0, 0.05) is 10.7 Å². The summed E-state index contributed by atoms with van der Waals surface area (Å²) in [6, 6.07) is 9.67. The van der Waals surface area contributed by atoms with Crippen LogP contribution in [0.5, 0.6) is 0 Å². The Balaban J connectivity index is 2.25. The van der Waals surface area contributed by atoms with Crippen LogP contribution in [0.4, 0.5) is 10.1 Å². The summed E-state index contributed by atoms with van der Waals surface area (Å²) < 4.78 is 14.0. The Kier molecular flexibility index (Phi) is 4.48. The fourth-order valence-electron chi connectivity index (χ4n) is 2.14. The summed E-state index contributed by atoms with van der Waals surface area (Å²) in [5.74, 6) is -1.08. The first-order valence-electron chi connectivity index (χ1n) is 6.51. The second kappa shape index (κ2) is 6.14. The van der Waals surface area contributed by atoms with Gasteiger partial charge in [-0.15, -0.1) is 0 Å². The Labute approximate surface area is 127 Å². The fraction of sp³-hybridized carbons (Fsp3) is 0.188. The van der Waals surface area contributed by atoms with Crippen LogP contribution in [0.25, 0.3) is 0 Å². The van der Waals surface area contributed by atoms with Crippen molar-refractivity contribution < 1.29 is 9.18 Å². The number of nitrogens with two attached hydrogens (primary N) is 1. The number of nitrogen functional groups attached to an aromatic ring is 1. The van der Waals surface area contributed by atoms with Gasteiger partial charge in [0.15, 0.2) is 0 Å². The van der Waals surface area contributed by atoms with Crippen LogP contribution < -0.4 is 11.1 Å². The molecule has 0 heterocycles. The van der Waals surface area contributed by atoms with E-state index in [9.17, 15) is 9.18 Å². The van der Waals surface area contributed by atoms with Gasteiger partial charge < -0.3 is 11.1 Å². The summed E-state index contributed by atoms with van der Waals surface area (Å²) in [7, 11) is 0. The predicted molar refractivity (Wildman–Crippen MR) is 82.9 cm³/mol. The normalized spacial score (nSPS) is 12.0. The van der Waals surface area contributed by atoms with Crippen LogP contribution in [0.15, 0.2) is 36.4 Å². The highest BCUT2D eigenvalue weighted by Gasteiger charge is 2.18. The maximum atomic E-state index is 14.0. The van der Waals surface area contributed by atoms with Crippen molar-refractivity contribution in [3.8, 4) is 0 Å². The Morgan fingerprint density at radius 3 is 2.67 bits per heavy atom. The van der Waals surface area contributed by atoms with Gasteiger partial charge in [-0.2, -0.15) is 0 Å². The van der Waals surface area contributed by atoms with Gasteiger partial charge in [0.2, 0.25) is 0 Å². The minimum atomic E-state index is -0.562. The molecule has 0 aromatic heterocycles. The number of amides is 1. The number of benzene rings is 2. The van der Waals surface area contributed by atoms with Crippen molar-refractivity contribution in [1.82, 2.24) is 5.32 Å². The average molecular weight is 307 g/mol. The number of hydrogen-bond acceptors (Lipinski definition) is 2. The minimum Gasteiger partial charge on any atom is -0.399 e. The van der Waals surface area contributed by atoms with Crippen LogP contribution in [-0.4, -0.2) is 5.91 Å². The summed E-state index contributed by atoms with van der Waals surface area (Å²) in [5, 5.41) is 3.28. The predicted octanol–water partition coefficient (Wildman–Crippen LogP) is 3.86. The SMILES string of the molecule is Cc1cc(N)cc(C(=O)NC(C)c2ccccc2Cl)c1F. The number of aryl methyl sites for hydroxylation is 1. The van der Waals surface area contributed by atoms with Gasteiger partial charge in [-0.05, 0) is 43.2 Å². The maximum absolute atomic E-state index is 14.0. The van der Waals surface area contributed by atoms with Crippen molar-refractivity contribution >= 4 is 23.2 Å². The molecule has 3 nitrogen and oxygen atoms in total. The van der Waals surface area contributed by atoms with Gasteiger partial charge in [0.1, 0.15) is 5.82 Å². The van der Waals surface area contributed by atoms with Crippen molar-refractivity contribution in [2.75, 3.05) is 5.73 Å². The molecule has 1 amide bonds. The molecule has 1 unspecified atom stereocenters. The molecule has 21 heavy (non-hydrogen) atoms. The highest BCUT2D eigenvalue weighted by molar-refractivity contribution is 6.31. The number of nitrogens with one attached hydrogen (secondary N) is 1. The number of carbonyl (C=O) groups excluding carboxylic acids is 1. The molecule has 0 radical (unpaired) electrons. The zero-order chi connectivity index (χ0) is 15.6. The van der Waals surface area contributed by atoms with Crippen molar-refractivity contribution in [3.63, 3.8) is 0 Å². The zero-order valence-electron chi connectivity index (χ0n) is 11.8. The minimum absolute atomic E-state index is 0.0635. The van der Waals surface area contributed by atoms with E-state index < -0.39 is 11.7 Å². The number of carbonyl (C=O) groups is 1. The first-order valence-corrected chi connectivity index (χ1v) is 6.89. The lowest BCUT2D eigenvalue weighted by Gasteiger charge is -2.16.